The Balaban J connectivity index is 1.91. The minimum absolute atomic E-state index is 0.289. The van der Waals surface area contributed by atoms with Crippen LogP contribution in [0, 0.1) is 0 Å². The predicted octanol–water partition coefficient (Wildman–Crippen LogP) is -1.07. The van der Waals surface area contributed by atoms with E-state index in [9.17, 15) is 8.42 Å². The molecule has 5 nitrogen and oxygen atoms in total. The molecule has 0 radical (unpaired) electrons. The van der Waals surface area contributed by atoms with Crippen LogP contribution in [0.1, 0.15) is 6.42 Å². The zero-order valence-electron chi connectivity index (χ0n) is 9.15. The molecule has 2 aliphatic heterocycles. The molecule has 88 valence electrons. The number of hydrogen-bond donors (Lipinski definition) is 1. The van der Waals surface area contributed by atoms with Crippen molar-refractivity contribution in [2.75, 3.05) is 45.5 Å². The number of sulfonamides is 1. The molecule has 0 aromatic carbocycles. The van der Waals surface area contributed by atoms with Crippen LogP contribution in [0.2, 0.25) is 0 Å². The zero-order chi connectivity index (χ0) is 10.9. The molecule has 2 heterocycles. The highest BCUT2D eigenvalue weighted by Crippen LogP contribution is 2.14. The molecule has 0 amide bonds. The molecule has 0 saturated carbocycles. The first-order valence-electron chi connectivity index (χ1n) is 5.48. The summed E-state index contributed by atoms with van der Waals surface area (Å²) >= 11 is 0. The fourth-order valence-corrected chi connectivity index (χ4v) is 3.82. The first kappa shape index (κ1) is 11.3. The van der Waals surface area contributed by atoms with Crippen molar-refractivity contribution in [1.29, 1.82) is 0 Å². The lowest BCUT2D eigenvalue weighted by Crippen LogP contribution is -2.53. The maximum atomic E-state index is 11.6. The molecule has 15 heavy (non-hydrogen) atoms. The van der Waals surface area contributed by atoms with Gasteiger partial charge in [-0.05, 0) is 13.5 Å². The number of rotatable bonds is 2. The van der Waals surface area contributed by atoms with E-state index in [-0.39, 0.29) is 6.04 Å². The number of likely N-dealkylation sites (N-methyl/N-ethyl adjacent to an activating group) is 1. The van der Waals surface area contributed by atoms with Crippen molar-refractivity contribution in [3.05, 3.63) is 0 Å². The molecule has 0 aliphatic carbocycles. The third kappa shape index (κ3) is 2.69. The second-order valence-corrected chi connectivity index (χ2v) is 6.53. The van der Waals surface area contributed by atoms with Gasteiger partial charge in [-0.2, -0.15) is 0 Å². The summed E-state index contributed by atoms with van der Waals surface area (Å²) in [7, 11) is -0.853. The lowest BCUT2D eigenvalue weighted by atomic mass is 10.2. The molecule has 1 N–H and O–H groups in total. The minimum Gasteiger partial charge on any atom is -0.310 e. The van der Waals surface area contributed by atoms with Gasteiger partial charge in [0, 0.05) is 38.8 Å². The van der Waals surface area contributed by atoms with Gasteiger partial charge in [0.25, 0.3) is 0 Å². The summed E-state index contributed by atoms with van der Waals surface area (Å²) in [6.45, 7) is 4.27. The fraction of sp³-hybridized carbons (Fsp3) is 1.00. The average molecular weight is 233 g/mol. The van der Waals surface area contributed by atoms with Gasteiger partial charge in [0.1, 0.15) is 0 Å². The maximum absolute atomic E-state index is 11.6. The SMILES string of the molecule is CN1CCNC(CN2CCCS2(=O)=O)C1. The van der Waals surface area contributed by atoms with Crippen molar-refractivity contribution < 1.29 is 8.42 Å². The summed E-state index contributed by atoms with van der Waals surface area (Å²) < 4.78 is 24.8. The molecule has 0 aromatic heterocycles. The van der Waals surface area contributed by atoms with Crippen LogP contribution in [-0.4, -0.2) is 69.2 Å². The normalized spacial score (nSPS) is 33.3. The lowest BCUT2D eigenvalue weighted by Gasteiger charge is -2.32. The molecule has 2 aliphatic rings. The van der Waals surface area contributed by atoms with Crippen molar-refractivity contribution in [3.63, 3.8) is 0 Å². The molecule has 0 spiro atoms. The van der Waals surface area contributed by atoms with Crippen molar-refractivity contribution in [3.8, 4) is 0 Å². The summed E-state index contributed by atoms with van der Waals surface area (Å²) in [6.07, 6.45) is 0.783. The molecule has 2 fully saturated rings. The Bertz CT molecular complexity index is 317. The van der Waals surface area contributed by atoms with Crippen LogP contribution in [0.5, 0.6) is 0 Å². The third-order valence-corrected chi connectivity index (χ3v) is 5.01. The molecule has 0 bridgehead atoms. The summed E-state index contributed by atoms with van der Waals surface area (Å²) in [5, 5.41) is 3.37. The van der Waals surface area contributed by atoms with E-state index in [1.165, 1.54) is 0 Å². The van der Waals surface area contributed by atoms with Gasteiger partial charge in [-0.3, -0.25) is 0 Å². The molecular formula is C9H19N3O2S. The highest BCUT2D eigenvalue weighted by molar-refractivity contribution is 7.89. The standard InChI is InChI=1S/C9H19N3O2S/c1-11-5-3-10-9(7-11)8-12-4-2-6-15(12,13)14/h9-10H,2-8H2,1H3. The van der Waals surface area contributed by atoms with Crippen molar-refractivity contribution in [2.24, 2.45) is 0 Å². The van der Waals surface area contributed by atoms with Gasteiger partial charge in [-0.15, -0.1) is 0 Å². The van der Waals surface area contributed by atoms with E-state index in [4.69, 9.17) is 0 Å². The smallest absolute Gasteiger partial charge is 0.214 e. The zero-order valence-corrected chi connectivity index (χ0v) is 9.96. The molecule has 1 atom stereocenters. The minimum atomic E-state index is -2.93. The molecule has 6 heteroatoms. The lowest BCUT2D eigenvalue weighted by molar-refractivity contribution is 0.218. The first-order chi connectivity index (χ1) is 7.08. The van der Waals surface area contributed by atoms with E-state index < -0.39 is 10.0 Å². The number of hydrogen-bond acceptors (Lipinski definition) is 4. The molecule has 1 unspecified atom stereocenters. The molecular weight excluding hydrogens is 214 g/mol. The van der Waals surface area contributed by atoms with Gasteiger partial charge >= 0.3 is 0 Å². The average Bonchev–Trinajstić information content (AvgIpc) is 2.46. The number of piperazine rings is 1. The largest absolute Gasteiger partial charge is 0.310 e. The van der Waals surface area contributed by atoms with Crippen molar-refractivity contribution in [1.82, 2.24) is 14.5 Å². The van der Waals surface area contributed by atoms with Gasteiger partial charge in [0.05, 0.1) is 5.75 Å². The van der Waals surface area contributed by atoms with E-state index in [1.807, 2.05) is 0 Å². The third-order valence-electron chi connectivity index (χ3n) is 3.09. The summed E-state index contributed by atoms with van der Waals surface area (Å²) in [5.41, 5.74) is 0. The molecule has 0 aromatic rings. The van der Waals surface area contributed by atoms with E-state index in [0.29, 0.717) is 18.8 Å². The van der Waals surface area contributed by atoms with E-state index in [1.54, 1.807) is 4.31 Å². The number of nitrogens with one attached hydrogen (secondary N) is 1. The summed E-state index contributed by atoms with van der Waals surface area (Å²) in [4.78, 5) is 2.24. The van der Waals surface area contributed by atoms with E-state index in [2.05, 4.69) is 17.3 Å². The monoisotopic (exact) mass is 233 g/mol. The van der Waals surface area contributed by atoms with Crippen LogP contribution in [0.25, 0.3) is 0 Å². The van der Waals surface area contributed by atoms with Crippen LogP contribution in [0.3, 0.4) is 0 Å². The van der Waals surface area contributed by atoms with Crippen LogP contribution in [0.4, 0.5) is 0 Å². The Hall–Kier alpha value is -0.170. The van der Waals surface area contributed by atoms with Crippen molar-refractivity contribution >= 4 is 10.0 Å². The maximum Gasteiger partial charge on any atom is 0.214 e. The van der Waals surface area contributed by atoms with Crippen LogP contribution in [-0.2, 0) is 10.0 Å². The van der Waals surface area contributed by atoms with Crippen LogP contribution >= 0.6 is 0 Å². The highest BCUT2D eigenvalue weighted by atomic mass is 32.2. The quantitative estimate of drug-likeness (QED) is 0.659. The molecule has 2 rings (SSSR count). The van der Waals surface area contributed by atoms with E-state index in [0.717, 1.165) is 26.1 Å². The Morgan fingerprint density at radius 2 is 2.20 bits per heavy atom. The van der Waals surface area contributed by atoms with Crippen molar-refractivity contribution in [2.45, 2.75) is 12.5 Å². The van der Waals surface area contributed by atoms with Gasteiger partial charge < -0.3 is 10.2 Å². The Morgan fingerprint density at radius 1 is 1.40 bits per heavy atom. The molecule has 2 saturated heterocycles. The van der Waals surface area contributed by atoms with Crippen LogP contribution < -0.4 is 5.32 Å². The summed E-state index contributed by atoms with van der Waals surface area (Å²) in [6, 6.07) is 0.289. The Morgan fingerprint density at radius 3 is 2.80 bits per heavy atom. The Kier molecular flexibility index (Phi) is 3.30. The second kappa shape index (κ2) is 4.37. The van der Waals surface area contributed by atoms with Gasteiger partial charge in [-0.1, -0.05) is 0 Å². The number of nitrogens with zero attached hydrogens (tertiary/aromatic N) is 2. The summed E-state index contributed by atoms with van der Waals surface area (Å²) in [5.74, 6) is 0.329. The second-order valence-electron chi connectivity index (χ2n) is 4.44. The van der Waals surface area contributed by atoms with E-state index >= 15 is 0 Å². The van der Waals surface area contributed by atoms with Gasteiger partial charge in [0.2, 0.25) is 10.0 Å². The van der Waals surface area contributed by atoms with Gasteiger partial charge in [0.15, 0.2) is 0 Å². The predicted molar refractivity (Wildman–Crippen MR) is 59.3 cm³/mol. The van der Waals surface area contributed by atoms with Crippen LogP contribution in [0.15, 0.2) is 0 Å². The highest BCUT2D eigenvalue weighted by Gasteiger charge is 2.31. The Labute approximate surface area is 91.5 Å². The first-order valence-corrected chi connectivity index (χ1v) is 7.08. The van der Waals surface area contributed by atoms with Gasteiger partial charge in [-0.25, -0.2) is 12.7 Å². The topological polar surface area (TPSA) is 52.6 Å². The fourth-order valence-electron chi connectivity index (χ4n) is 2.26.